The Hall–Kier alpha value is -0.380. The second-order valence-corrected chi connectivity index (χ2v) is 4.79. The predicted molar refractivity (Wildman–Crippen MR) is 60.3 cm³/mol. The Labute approximate surface area is 84.6 Å². The van der Waals surface area contributed by atoms with Gasteiger partial charge in [0.15, 0.2) is 5.96 Å². The highest BCUT2D eigenvalue weighted by atomic mass is 32.2. The molecular weight excluding hydrogens is 182 g/mol. The number of rotatable bonds is 5. The fourth-order valence-electron chi connectivity index (χ4n) is 1.10. The van der Waals surface area contributed by atoms with Crippen molar-refractivity contribution in [1.29, 1.82) is 0 Å². The van der Waals surface area contributed by atoms with Crippen molar-refractivity contribution in [2.45, 2.75) is 30.9 Å². The quantitative estimate of drug-likeness (QED) is 0.519. The minimum absolute atomic E-state index is 0.429. The van der Waals surface area contributed by atoms with E-state index in [1.165, 1.54) is 12.8 Å². The van der Waals surface area contributed by atoms with Gasteiger partial charge in [0.2, 0.25) is 0 Å². The van der Waals surface area contributed by atoms with Crippen LogP contribution in [0.15, 0.2) is 4.99 Å². The lowest BCUT2D eigenvalue weighted by molar-refractivity contribution is 0.816. The van der Waals surface area contributed by atoms with E-state index in [1.54, 1.807) is 0 Å². The summed E-state index contributed by atoms with van der Waals surface area (Å²) in [4.78, 5) is 4.33. The van der Waals surface area contributed by atoms with Gasteiger partial charge >= 0.3 is 0 Å². The molecule has 1 aliphatic rings. The Morgan fingerprint density at radius 1 is 1.62 bits per heavy atom. The summed E-state index contributed by atoms with van der Waals surface area (Å²) < 4.78 is 0.429. The van der Waals surface area contributed by atoms with Crippen molar-refractivity contribution in [3.05, 3.63) is 0 Å². The lowest BCUT2D eigenvalue weighted by atomic mass is 10.4. The van der Waals surface area contributed by atoms with Crippen molar-refractivity contribution in [1.82, 2.24) is 5.32 Å². The minimum Gasteiger partial charge on any atom is -0.370 e. The van der Waals surface area contributed by atoms with Gasteiger partial charge in [0.1, 0.15) is 0 Å². The van der Waals surface area contributed by atoms with Crippen molar-refractivity contribution in [3.8, 4) is 0 Å². The molecule has 0 heterocycles. The maximum atomic E-state index is 5.68. The van der Waals surface area contributed by atoms with E-state index in [0.717, 1.165) is 19.5 Å². The highest BCUT2D eigenvalue weighted by Gasteiger charge is 2.41. The topological polar surface area (TPSA) is 50.4 Å². The molecule has 0 aliphatic heterocycles. The van der Waals surface area contributed by atoms with Crippen LogP contribution in [0.25, 0.3) is 0 Å². The lowest BCUT2D eigenvalue weighted by Crippen LogP contribution is -2.33. The first kappa shape index (κ1) is 10.7. The van der Waals surface area contributed by atoms with Gasteiger partial charge in [-0.3, -0.25) is 4.99 Å². The van der Waals surface area contributed by atoms with Gasteiger partial charge in [0.25, 0.3) is 0 Å². The normalized spacial score (nSPS) is 20.0. The summed E-state index contributed by atoms with van der Waals surface area (Å²) in [6.07, 6.45) is 5.82. The van der Waals surface area contributed by atoms with Gasteiger partial charge in [-0.25, -0.2) is 0 Å². The van der Waals surface area contributed by atoms with E-state index >= 15 is 0 Å². The standard InChI is InChI=1S/C9H19N3S/c1-3-6-11-8(10)12-7-9(13-2)4-5-9/h3-7H2,1-2H3,(H3,10,11,12). The van der Waals surface area contributed by atoms with E-state index in [0.29, 0.717) is 10.7 Å². The fourth-order valence-corrected chi connectivity index (χ4v) is 1.81. The maximum Gasteiger partial charge on any atom is 0.188 e. The Kier molecular flexibility index (Phi) is 3.90. The van der Waals surface area contributed by atoms with Gasteiger partial charge in [-0.15, -0.1) is 0 Å². The molecule has 0 unspecified atom stereocenters. The molecule has 4 heteroatoms. The third kappa shape index (κ3) is 3.46. The van der Waals surface area contributed by atoms with Crippen LogP contribution < -0.4 is 11.1 Å². The van der Waals surface area contributed by atoms with Crippen LogP contribution in [-0.2, 0) is 0 Å². The molecule has 1 saturated carbocycles. The summed E-state index contributed by atoms with van der Waals surface area (Å²) in [6.45, 7) is 3.91. The van der Waals surface area contributed by atoms with Gasteiger partial charge in [-0.2, -0.15) is 11.8 Å². The average molecular weight is 201 g/mol. The summed E-state index contributed by atoms with van der Waals surface area (Å²) >= 11 is 1.91. The van der Waals surface area contributed by atoms with Crippen molar-refractivity contribution in [2.24, 2.45) is 10.7 Å². The first-order valence-corrected chi connectivity index (χ1v) is 6.04. The molecule has 0 radical (unpaired) electrons. The highest BCUT2D eigenvalue weighted by molar-refractivity contribution is 8.00. The van der Waals surface area contributed by atoms with Gasteiger partial charge in [0, 0.05) is 11.3 Å². The molecule has 1 aliphatic carbocycles. The van der Waals surface area contributed by atoms with E-state index in [9.17, 15) is 0 Å². The average Bonchev–Trinajstić information content (AvgIpc) is 2.92. The number of nitrogens with two attached hydrogens (primary N) is 1. The number of nitrogens with zero attached hydrogens (tertiary/aromatic N) is 1. The summed E-state index contributed by atoms with van der Waals surface area (Å²) in [5.41, 5.74) is 5.68. The molecule has 0 bridgehead atoms. The Morgan fingerprint density at radius 3 is 2.77 bits per heavy atom. The van der Waals surface area contributed by atoms with Crippen LogP contribution in [0.3, 0.4) is 0 Å². The number of hydrogen-bond donors (Lipinski definition) is 2. The molecule has 13 heavy (non-hydrogen) atoms. The van der Waals surface area contributed by atoms with Gasteiger partial charge in [-0.1, -0.05) is 6.92 Å². The molecule has 0 amide bonds. The van der Waals surface area contributed by atoms with Crippen LogP contribution in [0, 0.1) is 0 Å². The first-order valence-electron chi connectivity index (χ1n) is 4.81. The number of hydrogen-bond acceptors (Lipinski definition) is 2. The number of guanidine groups is 1. The van der Waals surface area contributed by atoms with Crippen LogP contribution in [-0.4, -0.2) is 30.1 Å². The Balaban J connectivity index is 2.22. The maximum absolute atomic E-state index is 5.68. The molecule has 76 valence electrons. The lowest BCUT2D eigenvalue weighted by Gasteiger charge is -2.09. The second-order valence-electron chi connectivity index (χ2n) is 3.52. The van der Waals surface area contributed by atoms with E-state index in [1.807, 2.05) is 11.8 Å². The molecule has 3 nitrogen and oxygen atoms in total. The zero-order chi connectivity index (χ0) is 9.73. The first-order chi connectivity index (χ1) is 6.22. The summed E-state index contributed by atoms with van der Waals surface area (Å²) in [5.74, 6) is 0.599. The van der Waals surface area contributed by atoms with E-state index in [4.69, 9.17) is 5.73 Å². The van der Waals surface area contributed by atoms with Crippen molar-refractivity contribution in [3.63, 3.8) is 0 Å². The molecule has 3 N–H and O–H groups in total. The molecular formula is C9H19N3S. The summed E-state index contributed by atoms with van der Waals surface area (Å²) in [6, 6.07) is 0. The molecule has 0 aromatic rings. The number of aliphatic imine (C=N–C) groups is 1. The third-order valence-electron chi connectivity index (χ3n) is 2.33. The Bertz CT molecular complexity index is 187. The number of nitrogens with one attached hydrogen (secondary N) is 1. The van der Waals surface area contributed by atoms with Crippen LogP contribution in [0.1, 0.15) is 26.2 Å². The Morgan fingerprint density at radius 2 is 2.31 bits per heavy atom. The molecule has 0 aromatic heterocycles. The van der Waals surface area contributed by atoms with E-state index in [2.05, 4.69) is 23.5 Å². The van der Waals surface area contributed by atoms with Gasteiger partial charge < -0.3 is 11.1 Å². The van der Waals surface area contributed by atoms with Crippen LogP contribution in [0.2, 0.25) is 0 Å². The van der Waals surface area contributed by atoms with Gasteiger partial charge in [-0.05, 0) is 25.5 Å². The minimum atomic E-state index is 0.429. The fraction of sp³-hybridized carbons (Fsp3) is 0.889. The second kappa shape index (κ2) is 4.74. The monoisotopic (exact) mass is 201 g/mol. The molecule has 0 spiro atoms. The zero-order valence-electron chi connectivity index (χ0n) is 8.47. The van der Waals surface area contributed by atoms with Gasteiger partial charge in [0.05, 0.1) is 6.54 Å². The molecule has 0 atom stereocenters. The van der Waals surface area contributed by atoms with Crippen LogP contribution in [0.4, 0.5) is 0 Å². The molecule has 1 fully saturated rings. The molecule has 0 aromatic carbocycles. The molecule has 0 saturated heterocycles. The van der Waals surface area contributed by atoms with Crippen molar-refractivity contribution in [2.75, 3.05) is 19.3 Å². The summed E-state index contributed by atoms with van der Waals surface area (Å²) in [5, 5.41) is 3.08. The predicted octanol–water partition coefficient (Wildman–Crippen LogP) is 1.20. The molecule has 1 rings (SSSR count). The van der Waals surface area contributed by atoms with Crippen molar-refractivity contribution < 1.29 is 0 Å². The van der Waals surface area contributed by atoms with Crippen LogP contribution >= 0.6 is 11.8 Å². The third-order valence-corrected chi connectivity index (χ3v) is 3.74. The number of thioether (sulfide) groups is 1. The van der Waals surface area contributed by atoms with E-state index in [-0.39, 0.29) is 0 Å². The largest absolute Gasteiger partial charge is 0.370 e. The SMILES string of the molecule is CCCNC(N)=NCC1(SC)CC1. The summed E-state index contributed by atoms with van der Waals surface area (Å²) in [7, 11) is 0. The zero-order valence-corrected chi connectivity index (χ0v) is 9.28. The van der Waals surface area contributed by atoms with E-state index < -0.39 is 0 Å². The van der Waals surface area contributed by atoms with Crippen molar-refractivity contribution >= 4 is 17.7 Å². The smallest absolute Gasteiger partial charge is 0.188 e. The highest BCUT2D eigenvalue weighted by Crippen LogP contribution is 2.47. The van der Waals surface area contributed by atoms with Crippen LogP contribution in [0.5, 0.6) is 0 Å².